The molecule has 0 aliphatic rings. The fourth-order valence-electron chi connectivity index (χ4n) is 1.95. The second-order valence-corrected chi connectivity index (χ2v) is 5.05. The van der Waals surface area contributed by atoms with Gasteiger partial charge in [-0.1, -0.05) is 12.1 Å². The van der Waals surface area contributed by atoms with Crippen LogP contribution < -0.4 is 10.1 Å². The Balaban J connectivity index is 2.14. The van der Waals surface area contributed by atoms with Crippen LogP contribution in [0.25, 0.3) is 0 Å². The molecule has 2 aromatic rings. The van der Waals surface area contributed by atoms with Gasteiger partial charge >= 0.3 is 0 Å². The number of rotatable bonds is 5. The van der Waals surface area contributed by atoms with Gasteiger partial charge < -0.3 is 10.1 Å². The van der Waals surface area contributed by atoms with Crippen LogP contribution in [0.5, 0.6) is 5.75 Å². The predicted octanol–water partition coefficient (Wildman–Crippen LogP) is 3.50. The van der Waals surface area contributed by atoms with Crippen molar-refractivity contribution in [2.45, 2.75) is 20.4 Å². The molecule has 0 radical (unpaired) electrons. The smallest absolute Gasteiger partial charge is 0.142 e. The van der Waals surface area contributed by atoms with Crippen LogP contribution in [0.2, 0.25) is 0 Å². The summed E-state index contributed by atoms with van der Waals surface area (Å²) in [6, 6.07) is 7.95. The van der Waals surface area contributed by atoms with Gasteiger partial charge in [0.25, 0.3) is 0 Å². The van der Waals surface area contributed by atoms with Crippen molar-refractivity contribution < 1.29 is 4.74 Å². The second kappa shape index (κ2) is 6.10. The van der Waals surface area contributed by atoms with Gasteiger partial charge in [-0.15, -0.1) is 0 Å². The summed E-state index contributed by atoms with van der Waals surface area (Å²) in [5, 5.41) is 7.77. The van der Waals surface area contributed by atoms with Gasteiger partial charge in [-0.2, -0.15) is 5.10 Å². The fraction of sp³-hybridized carbons (Fsp3) is 0.357. The van der Waals surface area contributed by atoms with E-state index in [9.17, 15) is 0 Å². The van der Waals surface area contributed by atoms with E-state index < -0.39 is 0 Å². The lowest BCUT2D eigenvalue weighted by Gasteiger charge is -2.12. The number of para-hydroxylation sites is 2. The molecule has 19 heavy (non-hydrogen) atoms. The normalized spacial score (nSPS) is 10.5. The number of ether oxygens (including phenoxy) is 1. The predicted molar refractivity (Wildman–Crippen MR) is 80.6 cm³/mol. The first-order chi connectivity index (χ1) is 9.13. The first-order valence-corrected chi connectivity index (χ1v) is 7.06. The zero-order valence-electron chi connectivity index (χ0n) is 11.4. The molecule has 0 atom stereocenters. The second-order valence-electron chi connectivity index (χ2n) is 4.25. The summed E-state index contributed by atoms with van der Waals surface area (Å²) in [6.45, 7) is 5.33. The van der Waals surface area contributed by atoms with Crippen LogP contribution >= 0.6 is 15.9 Å². The summed E-state index contributed by atoms with van der Waals surface area (Å²) < 4.78 is 8.53. The summed E-state index contributed by atoms with van der Waals surface area (Å²) >= 11 is 3.57. The topological polar surface area (TPSA) is 39.1 Å². The molecule has 0 spiro atoms. The number of anilines is 1. The molecular weight excluding hydrogens is 306 g/mol. The van der Waals surface area contributed by atoms with E-state index in [1.807, 2.05) is 49.8 Å². The van der Waals surface area contributed by atoms with Gasteiger partial charge in [0.15, 0.2) is 0 Å². The molecule has 0 amide bonds. The number of hydrogen-bond donors (Lipinski definition) is 1. The van der Waals surface area contributed by atoms with E-state index >= 15 is 0 Å². The molecule has 0 aliphatic carbocycles. The number of halogens is 1. The maximum atomic E-state index is 5.59. The third-order valence-corrected chi connectivity index (χ3v) is 3.93. The molecule has 0 bridgehead atoms. The number of nitrogens with one attached hydrogen (secondary N) is 1. The van der Waals surface area contributed by atoms with Crippen molar-refractivity contribution in [2.75, 3.05) is 11.9 Å². The molecule has 0 aliphatic heterocycles. The Kier molecular flexibility index (Phi) is 4.47. The van der Waals surface area contributed by atoms with Crippen molar-refractivity contribution in [3.8, 4) is 5.75 Å². The van der Waals surface area contributed by atoms with Gasteiger partial charge in [0.1, 0.15) is 5.75 Å². The Labute approximate surface area is 121 Å². The molecule has 4 nitrogen and oxygen atoms in total. The summed E-state index contributed by atoms with van der Waals surface area (Å²) in [5.41, 5.74) is 3.11. The zero-order chi connectivity index (χ0) is 13.8. The molecule has 1 heterocycles. The molecule has 1 aromatic carbocycles. The minimum Gasteiger partial charge on any atom is -0.492 e. The van der Waals surface area contributed by atoms with Crippen LogP contribution in [-0.4, -0.2) is 16.4 Å². The molecule has 0 saturated heterocycles. The quantitative estimate of drug-likeness (QED) is 0.915. The van der Waals surface area contributed by atoms with Crippen molar-refractivity contribution in [1.82, 2.24) is 9.78 Å². The van der Waals surface area contributed by atoms with Crippen LogP contribution in [0.3, 0.4) is 0 Å². The van der Waals surface area contributed by atoms with Gasteiger partial charge in [-0.25, -0.2) is 0 Å². The number of hydrogen-bond acceptors (Lipinski definition) is 3. The molecule has 102 valence electrons. The summed E-state index contributed by atoms with van der Waals surface area (Å²) in [7, 11) is 1.95. The highest BCUT2D eigenvalue weighted by Gasteiger charge is 2.11. The van der Waals surface area contributed by atoms with Gasteiger partial charge in [0.05, 0.1) is 34.7 Å². The summed E-state index contributed by atoms with van der Waals surface area (Å²) in [6.07, 6.45) is 0. The molecule has 2 rings (SSSR count). The molecule has 5 heteroatoms. The first kappa shape index (κ1) is 13.9. The maximum absolute atomic E-state index is 5.59. The first-order valence-electron chi connectivity index (χ1n) is 6.27. The minimum atomic E-state index is 0.660. The largest absolute Gasteiger partial charge is 0.492 e. The monoisotopic (exact) mass is 323 g/mol. The van der Waals surface area contributed by atoms with E-state index in [2.05, 4.69) is 26.3 Å². The average molecular weight is 324 g/mol. The van der Waals surface area contributed by atoms with E-state index in [1.54, 1.807) is 0 Å². The lowest BCUT2D eigenvalue weighted by atomic mass is 10.3. The number of aromatic nitrogens is 2. The molecule has 1 aromatic heterocycles. The summed E-state index contributed by atoms with van der Waals surface area (Å²) in [5.74, 6) is 0.875. The highest BCUT2D eigenvalue weighted by molar-refractivity contribution is 9.10. The highest BCUT2D eigenvalue weighted by Crippen LogP contribution is 2.26. The molecule has 1 N–H and O–H groups in total. The van der Waals surface area contributed by atoms with Crippen LogP contribution in [0.4, 0.5) is 5.69 Å². The molecule has 0 fully saturated rings. The molecule has 0 saturated carbocycles. The van der Waals surface area contributed by atoms with Gasteiger partial charge in [-0.3, -0.25) is 4.68 Å². The van der Waals surface area contributed by atoms with Crippen LogP contribution in [0, 0.1) is 6.92 Å². The number of aryl methyl sites for hydroxylation is 2. The third kappa shape index (κ3) is 3.10. The minimum absolute atomic E-state index is 0.660. The molecular formula is C14H18BrN3O. The Morgan fingerprint density at radius 2 is 2.11 bits per heavy atom. The van der Waals surface area contributed by atoms with Crippen LogP contribution in [0.1, 0.15) is 18.3 Å². The van der Waals surface area contributed by atoms with Gasteiger partial charge in [0, 0.05) is 7.05 Å². The van der Waals surface area contributed by atoms with Crippen molar-refractivity contribution in [2.24, 2.45) is 7.05 Å². The number of nitrogens with zero attached hydrogens (tertiary/aromatic N) is 2. The van der Waals surface area contributed by atoms with Crippen LogP contribution in [-0.2, 0) is 13.6 Å². The van der Waals surface area contributed by atoms with Gasteiger partial charge in [0.2, 0.25) is 0 Å². The Morgan fingerprint density at radius 1 is 1.37 bits per heavy atom. The zero-order valence-corrected chi connectivity index (χ0v) is 13.0. The van der Waals surface area contributed by atoms with E-state index in [1.165, 1.54) is 0 Å². The van der Waals surface area contributed by atoms with Crippen molar-refractivity contribution in [3.05, 3.63) is 40.1 Å². The van der Waals surface area contributed by atoms with Crippen LogP contribution in [0.15, 0.2) is 28.7 Å². The standard InChI is InChI=1S/C14H18BrN3O/c1-4-19-13-8-6-5-7-11(13)16-9-12-14(15)10(2)17-18(12)3/h5-8,16H,4,9H2,1-3H3. The average Bonchev–Trinajstić information content (AvgIpc) is 2.63. The Bertz CT molecular complexity index is 566. The molecule has 0 unspecified atom stereocenters. The third-order valence-electron chi connectivity index (χ3n) is 2.89. The van der Waals surface area contributed by atoms with E-state index in [0.29, 0.717) is 13.2 Å². The highest BCUT2D eigenvalue weighted by atomic mass is 79.9. The lowest BCUT2D eigenvalue weighted by molar-refractivity contribution is 0.341. The van der Waals surface area contributed by atoms with Gasteiger partial charge in [-0.05, 0) is 41.9 Å². The Hall–Kier alpha value is -1.49. The van der Waals surface area contributed by atoms with Crippen molar-refractivity contribution in [3.63, 3.8) is 0 Å². The Morgan fingerprint density at radius 3 is 2.74 bits per heavy atom. The van der Waals surface area contributed by atoms with E-state index in [4.69, 9.17) is 4.74 Å². The summed E-state index contributed by atoms with van der Waals surface area (Å²) in [4.78, 5) is 0. The SMILES string of the molecule is CCOc1ccccc1NCc1c(Br)c(C)nn1C. The van der Waals surface area contributed by atoms with Crippen molar-refractivity contribution >= 4 is 21.6 Å². The number of benzene rings is 1. The van der Waals surface area contributed by atoms with E-state index in [-0.39, 0.29) is 0 Å². The van der Waals surface area contributed by atoms with E-state index in [0.717, 1.165) is 27.3 Å². The van der Waals surface area contributed by atoms with Crippen molar-refractivity contribution in [1.29, 1.82) is 0 Å². The fourth-order valence-corrected chi connectivity index (χ4v) is 2.42. The maximum Gasteiger partial charge on any atom is 0.142 e. The lowest BCUT2D eigenvalue weighted by Crippen LogP contribution is -2.07.